The molecule has 3 heteroatoms. The van der Waals surface area contributed by atoms with Gasteiger partial charge in [0, 0.05) is 16.0 Å². The largest absolute Gasteiger partial charge is 0.317 e. The zero-order chi connectivity index (χ0) is 10.7. The van der Waals surface area contributed by atoms with Crippen LogP contribution in [0.25, 0.3) is 0 Å². The maximum atomic E-state index is 12.1. The minimum atomic E-state index is 0.209. The molecular formula is C12H14BrNO. The maximum absolute atomic E-state index is 12.1. The van der Waals surface area contributed by atoms with Crippen molar-refractivity contribution in [3.8, 4) is 0 Å². The number of hydrogen-bond donors (Lipinski definition) is 1. The topological polar surface area (TPSA) is 29.1 Å². The molecule has 1 heterocycles. The second-order valence-electron chi connectivity index (χ2n) is 3.90. The highest BCUT2D eigenvalue weighted by Crippen LogP contribution is 2.20. The van der Waals surface area contributed by atoms with Gasteiger partial charge in [0.15, 0.2) is 5.78 Å². The molecule has 0 aliphatic carbocycles. The first-order valence-electron chi connectivity index (χ1n) is 5.28. The third kappa shape index (κ3) is 2.67. The van der Waals surface area contributed by atoms with Crippen LogP contribution in [0, 0.1) is 5.92 Å². The molecule has 0 saturated carbocycles. The van der Waals surface area contributed by atoms with Crippen molar-refractivity contribution in [3.05, 3.63) is 34.3 Å². The van der Waals surface area contributed by atoms with Gasteiger partial charge in [-0.1, -0.05) is 28.1 Å². The number of carbonyl (C=O) groups is 1. The number of hydrogen-bond acceptors (Lipinski definition) is 2. The van der Waals surface area contributed by atoms with E-state index < -0.39 is 0 Å². The first kappa shape index (κ1) is 10.8. The predicted molar refractivity (Wildman–Crippen MR) is 64.1 cm³/mol. The van der Waals surface area contributed by atoms with E-state index in [4.69, 9.17) is 0 Å². The van der Waals surface area contributed by atoms with Crippen molar-refractivity contribution in [2.45, 2.75) is 12.8 Å². The molecule has 2 nitrogen and oxygen atoms in total. The summed E-state index contributed by atoms with van der Waals surface area (Å²) in [5, 5.41) is 3.27. The van der Waals surface area contributed by atoms with Gasteiger partial charge < -0.3 is 5.32 Å². The van der Waals surface area contributed by atoms with Gasteiger partial charge in [-0.3, -0.25) is 4.79 Å². The molecule has 1 fully saturated rings. The molecule has 1 N–H and O–H groups in total. The Morgan fingerprint density at radius 1 is 1.33 bits per heavy atom. The molecule has 0 bridgehead atoms. The Morgan fingerprint density at radius 3 is 2.73 bits per heavy atom. The predicted octanol–water partition coefficient (Wildman–Crippen LogP) is 2.63. The van der Waals surface area contributed by atoms with Crippen LogP contribution in [0.15, 0.2) is 28.7 Å². The van der Waals surface area contributed by atoms with Crippen LogP contribution in [0.3, 0.4) is 0 Å². The summed E-state index contributed by atoms with van der Waals surface area (Å²) in [5.74, 6) is 0.498. The number of rotatable bonds is 2. The van der Waals surface area contributed by atoms with Gasteiger partial charge in [-0.2, -0.15) is 0 Å². The van der Waals surface area contributed by atoms with E-state index in [9.17, 15) is 4.79 Å². The van der Waals surface area contributed by atoms with E-state index in [1.54, 1.807) is 0 Å². The molecule has 0 amide bonds. The number of Topliss-reactive ketones (excluding diaryl/α,β-unsaturated/α-hetero) is 1. The summed E-state index contributed by atoms with van der Waals surface area (Å²) in [6, 6.07) is 7.66. The summed E-state index contributed by atoms with van der Waals surface area (Å²) in [6.07, 6.45) is 1.93. The van der Waals surface area contributed by atoms with E-state index in [1.165, 1.54) is 0 Å². The molecule has 1 saturated heterocycles. The molecular weight excluding hydrogens is 254 g/mol. The fourth-order valence-corrected chi connectivity index (χ4v) is 2.36. The summed E-state index contributed by atoms with van der Waals surface area (Å²) in [5.41, 5.74) is 0.830. The second-order valence-corrected chi connectivity index (χ2v) is 4.81. The third-order valence-corrected chi connectivity index (χ3v) is 3.31. The summed E-state index contributed by atoms with van der Waals surface area (Å²) in [4.78, 5) is 12.1. The monoisotopic (exact) mass is 267 g/mol. The normalized spacial score (nSPS) is 17.7. The molecule has 0 aromatic heterocycles. The SMILES string of the molecule is O=C(c1cccc(Br)c1)C1CCNCC1. The fraction of sp³-hybridized carbons (Fsp3) is 0.417. The summed E-state index contributed by atoms with van der Waals surface area (Å²) in [7, 11) is 0. The molecule has 0 atom stereocenters. The lowest BCUT2D eigenvalue weighted by Crippen LogP contribution is -2.31. The Balaban J connectivity index is 2.12. The number of piperidine rings is 1. The molecule has 2 rings (SSSR count). The highest BCUT2D eigenvalue weighted by molar-refractivity contribution is 9.10. The van der Waals surface area contributed by atoms with Gasteiger partial charge in [-0.05, 0) is 38.1 Å². The van der Waals surface area contributed by atoms with E-state index in [0.29, 0.717) is 0 Å². The van der Waals surface area contributed by atoms with Crippen molar-refractivity contribution in [2.24, 2.45) is 5.92 Å². The number of benzene rings is 1. The van der Waals surface area contributed by atoms with E-state index in [2.05, 4.69) is 21.2 Å². The van der Waals surface area contributed by atoms with Crippen molar-refractivity contribution < 1.29 is 4.79 Å². The van der Waals surface area contributed by atoms with Gasteiger partial charge in [0.2, 0.25) is 0 Å². The van der Waals surface area contributed by atoms with E-state index in [-0.39, 0.29) is 11.7 Å². The highest BCUT2D eigenvalue weighted by Gasteiger charge is 2.21. The minimum absolute atomic E-state index is 0.209. The van der Waals surface area contributed by atoms with Gasteiger partial charge in [-0.25, -0.2) is 0 Å². The number of halogens is 1. The van der Waals surface area contributed by atoms with Crippen LogP contribution in [0.2, 0.25) is 0 Å². The Morgan fingerprint density at radius 2 is 2.07 bits per heavy atom. The average Bonchev–Trinajstić information content (AvgIpc) is 2.29. The van der Waals surface area contributed by atoms with Crippen molar-refractivity contribution in [3.63, 3.8) is 0 Å². The Hall–Kier alpha value is -0.670. The standard InChI is InChI=1S/C12H14BrNO/c13-11-3-1-2-10(8-11)12(15)9-4-6-14-7-5-9/h1-3,8-9,14H,4-7H2. The molecule has 0 radical (unpaired) electrons. The first-order valence-corrected chi connectivity index (χ1v) is 6.07. The highest BCUT2D eigenvalue weighted by atomic mass is 79.9. The lowest BCUT2D eigenvalue weighted by molar-refractivity contribution is 0.0895. The van der Waals surface area contributed by atoms with Crippen LogP contribution < -0.4 is 5.32 Å². The van der Waals surface area contributed by atoms with E-state index >= 15 is 0 Å². The molecule has 1 aliphatic heterocycles. The molecule has 0 spiro atoms. The second kappa shape index (κ2) is 4.90. The van der Waals surface area contributed by atoms with Crippen LogP contribution in [-0.4, -0.2) is 18.9 Å². The van der Waals surface area contributed by atoms with E-state index in [0.717, 1.165) is 36.0 Å². The zero-order valence-electron chi connectivity index (χ0n) is 8.50. The van der Waals surface area contributed by atoms with Gasteiger partial charge in [-0.15, -0.1) is 0 Å². The fourth-order valence-electron chi connectivity index (χ4n) is 1.96. The summed E-state index contributed by atoms with van der Waals surface area (Å²) < 4.78 is 0.974. The van der Waals surface area contributed by atoms with Crippen molar-refractivity contribution in [1.29, 1.82) is 0 Å². The van der Waals surface area contributed by atoms with E-state index in [1.807, 2.05) is 24.3 Å². The quantitative estimate of drug-likeness (QED) is 0.835. The van der Waals surface area contributed by atoms with Crippen molar-refractivity contribution in [1.82, 2.24) is 5.32 Å². The van der Waals surface area contributed by atoms with Crippen LogP contribution in [0.5, 0.6) is 0 Å². The average molecular weight is 268 g/mol. The lowest BCUT2D eigenvalue weighted by atomic mass is 9.90. The van der Waals surface area contributed by atoms with Gasteiger partial charge in [0.05, 0.1) is 0 Å². The summed E-state index contributed by atoms with van der Waals surface area (Å²) in [6.45, 7) is 1.93. The van der Waals surface area contributed by atoms with Crippen LogP contribution in [-0.2, 0) is 0 Å². The maximum Gasteiger partial charge on any atom is 0.166 e. The molecule has 15 heavy (non-hydrogen) atoms. The van der Waals surface area contributed by atoms with Gasteiger partial charge >= 0.3 is 0 Å². The molecule has 1 aromatic carbocycles. The lowest BCUT2D eigenvalue weighted by Gasteiger charge is -2.21. The first-order chi connectivity index (χ1) is 7.27. The Kier molecular flexibility index (Phi) is 3.54. The van der Waals surface area contributed by atoms with Crippen LogP contribution in [0.1, 0.15) is 23.2 Å². The van der Waals surface area contributed by atoms with Crippen molar-refractivity contribution >= 4 is 21.7 Å². The molecule has 0 unspecified atom stereocenters. The Bertz CT molecular complexity index is 358. The number of nitrogens with one attached hydrogen (secondary N) is 1. The Labute approximate surface area is 98.2 Å². The van der Waals surface area contributed by atoms with Gasteiger partial charge in [0.25, 0.3) is 0 Å². The minimum Gasteiger partial charge on any atom is -0.317 e. The molecule has 1 aromatic rings. The number of carbonyl (C=O) groups excluding carboxylic acids is 1. The van der Waals surface area contributed by atoms with Crippen molar-refractivity contribution in [2.75, 3.05) is 13.1 Å². The van der Waals surface area contributed by atoms with Gasteiger partial charge in [0.1, 0.15) is 0 Å². The molecule has 80 valence electrons. The summed E-state index contributed by atoms with van der Waals surface area (Å²) >= 11 is 3.39. The molecule has 1 aliphatic rings. The smallest absolute Gasteiger partial charge is 0.166 e. The van der Waals surface area contributed by atoms with Crippen LogP contribution >= 0.6 is 15.9 Å². The number of ketones is 1. The van der Waals surface area contributed by atoms with Crippen LogP contribution in [0.4, 0.5) is 0 Å². The third-order valence-electron chi connectivity index (χ3n) is 2.82. The zero-order valence-corrected chi connectivity index (χ0v) is 10.1.